The second-order valence-electron chi connectivity index (χ2n) is 3.54. The molecule has 0 spiro atoms. The Morgan fingerprint density at radius 3 is 2.85 bits per heavy atom. The highest BCUT2D eigenvalue weighted by molar-refractivity contribution is 5.41. The van der Waals surface area contributed by atoms with Gasteiger partial charge in [-0.2, -0.15) is 0 Å². The van der Waals surface area contributed by atoms with Crippen LogP contribution in [0.25, 0.3) is 5.65 Å². The maximum Gasteiger partial charge on any atom is 0.155 e. The van der Waals surface area contributed by atoms with Crippen LogP contribution in [0.5, 0.6) is 0 Å². The smallest absolute Gasteiger partial charge is 0.155 e. The van der Waals surface area contributed by atoms with Gasteiger partial charge >= 0.3 is 0 Å². The van der Waals surface area contributed by atoms with Crippen LogP contribution in [0.1, 0.15) is 31.2 Å². The maximum atomic E-state index is 4.43. The lowest BCUT2D eigenvalue weighted by molar-refractivity contribution is 0.797. The van der Waals surface area contributed by atoms with Gasteiger partial charge in [0.15, 0.2) is 5.65 Å². The first-order valence-corrected chi connectivity index (χ1v) is 4.48. The van der Waals surface area contributed by atoms with E-state index in [9.17, 15) is 0 Å². The summed E-state index contributed by atoms with van der Waals surface area (Å²) in [4.78, 5) is 8.48. The van der Waals surface area contributed by atoms with Gasteiger partial charge in [-0.3, -0.25) is 4.98 Å². The number of fused-ring (bicyclic) bond motifs is 1. The number of aryl methyl sites for hydroxylation is 1. The molecule has 13 heavy (non-hydrogen) atoms. The summed E-state index contributed by atoms with van der Waals surface area (Å²) >= 11 is 0. The lowest BCUT2D eigenvalue weighted by atomic mass is 10.1. The molecule has 2 rings (SSSR count). The van der Waals surface area contributed by atoms with Crippen molar-refractivity contribution >= 4 is 5.65 Å². The lowest BCUT2D eigenvalue weighted by Crippen LogP contribution is -1.96. The average molecular weight is 175 g/mol. The third-order valence-electron chi connectivity index (χ3n) is 2.20. The van der Waals surface area contributed by atoms with Gasteiger partial charge in [-0.05, 0) is 12.8 Å². The minimum absolute atomic E-state index is 0.498. The summed E-state index contributed by atoms with van der Waals surface area (Å²) < 4.78 is 2.10. The third kappa shape index (κ3) is 1.20. The minimum atomic E-state index is 0.498. The zero-order valence-electron chi connectivity index (χ0n) is 8.15. The summed E-state index contributed by atoms with van der Waals surface area (Å²) in [7, 11) is 0. The molecule has 0 N–H and O–H groups in total. The maximum absolute atomic E-state index is 4.43. The summed E-state index contributed by atoms with van der Waals surface area (Å²) in [5.74, 6) is 0.498. The quantitative estimate of drug-likeness (QED) is 0.664. The van der Waals surface area contributed by atoms with Crippen LogP contribution in [-0.2, 0) is 0 Å². The van der Waals surface area contributed by atoms with Gasteiger partial charge in [0.2, 0.25) is 0 Å². The summed E-state index contributed by atoms with van der Waals surface area (Å²) in [6, 6.07) is 0. The molecule has 0 bridgehead atoms. The van der Waals surface area contributed by atoms with E-state index in [0.717, 1.165) is 11.3 Å². The van der Waals surface area contributed by atoms with E-state index in [1.807, 2.05) is 13.1 Å². The predicted molar refractivity (Wildman–Crippen MR) is 51.8 cm³/mol. The monoisotopic (exact) mass is 175 g/mol. The molecule has 0 amide bonds. The molecular formula is C10H13N3. The van der Waals surface area contributed by atoms with Gasteiger partial charge in [0.25, 0.3) is 0 Å². The number of imidazole rings is 1. The molecule has 0 fully saturated rings. The summed E-state index contributed by atoms with van der Waals surface area (Å²) in [5.41, 5.74) is 3.31. The lowest BCUT2D eigenvalue weighted by Gasteiger charge is -2.05. The van der Waals surface area contributed by atoms with Crippen molar-refractivity contribution < 1.29 is 0 Å². The number of nitrogens with zero attached hydrogens (tertiary/aromatic N) is 3. The average Bonchev–Trinajstić information content (AvgIpc) is 2.39. The number of aromatic nitrogens is 3. The fourth-order valence-electron chi connectivity index (χ4n) is 1.74. The van der Waals surface area contributed by atoms with Crippen LogP contribution in [-0.4, -0.2) is 14.4 Å². The molecular weight excluding hydrogens is 162 g/mol. The van der Waals surface area contributed by atoms with Crippen molar-refractivity contribution in [2.24, 2.45) is 0 Å². The van der Waals surface area contributed by atoms with Crippen molar-refractivity contribution in [3.63, 3.8) is 0 Å². The first kappa shape index (κ1) is 8.23. The predicted octanol–water partition coefficient (Wildman–Crippen LogP) is 2.16. The molecule has 0 unspecified atom stereocenters. The van der Waals surface area contributed by atoms with Crippen molar-refractivity contribution in [2.75, 3.05) is 0 Å². The van der Waals surface area contributed by atoms with Crippen molar-refractivity contribution in [3.05, 3.63) is 30.0 Å². The summed E-state index contributed by atoms with van der Waals surface area (Å²) in [6.07, 6.45) is 5.55. The van der Waals surface area contributed by atoms with Crippen molar-refractivity contribution in [3.8, 4) is 0 Å². The minimum Gasteiger partial charge on any atom is -0.301 e. The second kappa shape index (κ2) is 2.83. The molecule has 0 aromatic carbocycles. The van der Waals surface area contributed by atoms with Crippen LogP contribution >= 0.6 is 0 Å². The third-order valence-corrected chi connectivity index (χ3v) is 2.20. The molecule has 0 atom stereocenters. The fourth-order valence-corrected chi connectivity index (χ4v) is 1.74. The van der Waals surface area contributed by atoms with Crippen LogP contribution in [0.3, 0.4) is 0 Å². The number of hydrogen-bond donors (Lipinski definition) is 0. The Kier molecular flexibility index (Phi) is 1.79. The van der Waals surface area contributed by atoms with Gasteiger partial charge in [0.05, 0.1) is 11.9 Å². The SMILES string of the molecule is Cc1nc2cnccn2c1C(C)C. The number of hydrogen-bond acceptors (Lipinski definition) is 2. The molecule has 0 saturated carbocycles. The molecule has 0 radical (unpaired) electrons. The zero-order chi connectivity index (χ0) is 9.42. The van der Waals surface area contributed by atoms with Crippen LogP contribution in [0.2, 0.25) is 0 Å². The van der Waals surface area contributed by atoms with E-state index in [1.165, 1.54) is 5.69 Å². The van der Waals surface area contributed by atoms with Gasteiger partial charge in [-0.15, -0.1) is 0 Å². The van der Waals surface area contributed by atoms with E-state index in [2.05, 4.69) is 28.2 Å². The fraction of sp³-hybridized carbons (Fsp3) is 0.400. The zero-order valence-corrected chi connectivity index (χ0v) is 8.15. The Morgan fingerprint density at radius 1 is 1.38 bits per heavy atom. The highest BCUT2D eigenvalue weighted by Crippen LogP contribution is 2.19. The van der Waals surface area contributed by atoms with E-state index in [0.29, 0.717) is 5.92 Å². The van der Waals surface area contributed by atoms with Crippen molar-refractivity contribution in [1.29, 1.82) is 0 Å². The standard InChI is InChI=1S/C10H13N3/c1-7(2)10-8(3)12-9-6-11-4-5-13(9)10/h4-7H,1-3H3. The second-order valence-corrected chi connectivity index (χ2v) is 3.54. The molecule has 2 heterocycles. The van der Waals surface area contributed by atoms with Crippen molar-refractivity contribution in [1.82, 2.24) is 14.4 Å². The number of rotatable bonds is 1. The van der Waals surface area contributed by atoms with E-state index in [-0.39, 0.29) is 0 Å². The highest BCUT2D eigenvalue weighted by Gasteiger charge is 2.10. The molecule has 0 saturated heterocycles. The van der Waals surface area contributed by atoms with Crippen LogP contribution in [0, 0.1) is 6.92 Å². The molecule has 0 aliphatic carbocycles. The Labute approximate surface area is 77.4 Å². The largest absolute Gasteiger partial charge is 0.301 e. The molecule has 0 aliphatic heterocycles. The van der Waals surface area contributed by atoms with E-state index in [1.54, 1.807) is 12.4 Å². The van der Waals surface area contributed by atoms with Crippen LogP contribution < -0.4 is 0 Å². The summed E-state index contributed by atoms with van der Waals surface area (Å²) in [5, 5.41) is 0. The van der Waals surface area contributed by atoms with E-state index in [4.69, 9.17) is 0 Å². The van der Waals surface area contributed by atoms with Gasteiger partial charge in [0.1, 0.15) is 0 Å². The Hall–Kier alpha value is -1.38. The van der Waals surface area contributed by atoms with Gasteiger partial charge in [-0.25, -0.2) is 4.98 Å². The molecule has 68 valence electrons. The Morgan fingerprint density at radius 2 is 2.15 bits per heavy atom. The molecule has 0 aliphatic rings. The topological polar surface area (TPSA) is 30.2 Å². The van der Waals surface area contributed by atoms with Crippen LogP contribution in [0.15, 0.2) is 18.6 Å². The Bertz CT molecular complexity index is 429. The van der Waals surface area contributed by atoms with E-state index >= 15 is 0 Å². The first-order valence-electron chi connectivity index (χ1n) is 4.48. The molecule has 2 aromatic rings. The Balaban J connectivity index is 2.78. The molecule has 3 nitrogen and oxygen atoms in total. The van der Waals surface area contributed by atoms with Crippen LogP contribution in [0.4, 0.5) is 0 Å². The van der Waals surface area contributed by atoms with Gasteiger partial charge in [0, 0.05) is 18.1 Å². The first-order chi connectivity index (χ1) is 6.20. The molecule has 3 heteroatoms. The molecule has 2 aromatic heterocycles. The highest BCUT2D eigenvalue weighted by atomic mass is 15.0. The van der Waals surface area contributed by atoms with Gasteiger partial charge in [-0.1, -0.05) is 13.8 Å². The van der Waals surface area contributed by atoms with E-state index < -0.39 is 0 Å². The summed E-state index contributed by atoms with van der Waals surface area (Å²) in [6.45, 7) is 6.40. The van der Waals surface area contributed by atoms with Gasteiger partial charge < -0.3 is 4.40 Å². The van der Waals surface area contributed by atoms with Crippen molar-refractivity contribution in [2.45, 2.75) is 26.7 Å². The normalized spacial score (nSPS) is 11.4.